The van der Waals surface area contributed by atoms with Crippen LogP contribution in [0.15, 0.2) is 72.8 Å². The Labute approximate surface area is 219 Å². The van der Waals surface area contributed by atoms with Crippen molar-refractivity contribution in [2.75, 3.05) is 13.7 Å². The summed E-state index contributed by atoms with van der Waals surface area (Å²) in [6, 6.07) is 19.5. The van der Waals surface area contributed by atoms with Gasteiger partial charge in [-0.1, -0.05) is 60.7 Å². The first-order valence-electron chi connectivity index (χ1n) is 12.0. The predicted molar refractivity (Wildman–Crippen MR) is 138 cm³/mol. The van der Waals surface area contributed by atoms with E-state index >= 15 is 0 Å². The average Bonchev–Trinajstić information content (AvgIpc) is 3.24. The summed E-state index contributed by atoms with van der Waals surface area (Å²) >= 11 is 0. The van der Waals surface area contributed by atoms with E-state index in [9.17, 15) is 24.5 Å². The highest BCUT2D eigenvalue weighted by Gasteiger charge is 2.30. The summed E-state index contributed by atoms with van der Waals surface area (Å²) in [6.45, 7) is 1.57. The minimum absolute atomic E-state index is 0.0497. The van der Waals surface area contributed by atoms with Crippen LogP contribution >= 0.6 is 0 Å². The van der Waals surface area contributed by atoms with E-state index < -0.39 is 35.0 Å². The lowest BCUT2D eigenvalue weighted by atomic mass is 9.98. The van der Waals surface area contributed by atoms with E-state index in [0.29, 0.717) is 5.56 Å². The van der Waals surface area contributed by atoms with Gasteiger partial charge in [-0.05, 0) is 34.7 Å². The number of methoxy groups -OCH3 is 1. The van der Waals surface area contributed by atoms with Crippen molar-refractivity contribution in [3.63, 3.8) is 0 Å². The molecule has 0 bridgehead atoms. The molecule has 0 fully saturated rings. The number of hydrogen-bond donors (Lipinski definition) is 2. The quantitative estimate of drug-likeness (QED) is 0.251. The molecule has 0 heterocycles. The number of nitrogens with one attached hydrogen (secondary N) is 2. The monoisotopic (exact) mass is 517 g/mol. The highest BCUT2D eigenvalue weighted by molar-refractivity contribution is 5.89. The first-order chi connectivity index (χ1) is 18.3. The van der Waals surface area contributed by atoms with Crippen molar-refractivity contribution in [3.05, 3.63) is 99.6 Å². The van der Waals surface area contributed by atoms with Gasteiger partial charge in [0, 0.05) is 24.5 Å². The molecule has 38 heavy (non-hydrogen) atoms. The molecule has 2 N–H and O–H groups in total. The normalized spacial score (nSPS) is 13.4. The maximum atomic E-state index is 12.8. The van der Waals surface area contributed by atoms with Crippen LogP contribution in [0.25, 0.3) is 11.1 Å². The molecule has 196 valence electrons. The van der Waals surface area contributed by atoms with E-state index in [2.05, 4.69) is 10.6 Å². The van der Waals surface area contributed by atoms with Gasteiger partial charge in [-0.15, -0.1) is 0 Å². The molecule has 0 saturated carbocycles. The van der Waals surface area contributed by atoms with E-state index in [1.54, 1.807) is 0 Å². The van der Waals surface area contributed by atoms with E-state index in [1.165, 1.54) is 38.3 Å². The Bertz CT molecular complexity index is 1310. The molecule has 2 amide bonds. The van der Waals surface area contributed by atoms with Gasteiger partial charge >= 0.3 is 12.1 Å². The maximum Gasteiger partial charge on any atom is 0.407 e. The van der Waals surface area contributed by atoms with E-state index in [0.717, 1.165) is 22.3 Å². The Kier molecular flexibility index (Phi) is 8.00. The van der Waals surface area contributed by atoms with Crippen LogP contribution in [0, 0.1) is 10.1 Å². The average molecular weight is 518 g/mol. The summed E-state index contributed by atoms with van der Waals surface area (Å²) in [7, 11) is 1.19. The Morgan fingerprint density at radius 3 is 2.05 bits per heavy atom. The van der Waals surface area contributed by atoms with Gasteiger partial charge in [0.05, 0.1) is 12.0 Å². The second-order valence-corrected chi connectivity index (χ2v) is 8.90. The minimum atomic E-state index is -1.05. The molecule has 0 aromatic heterocycles. The summed E-state index contributed by atoms with van der Waals surface area (Å²) in [5.41, 5.74) is 4.84. The van der Waals surface area contributed by atoms with Crippen LogP contribution in [0.1, 0.15) is 29.5 Å². The Morgan fingerprint density at radius 2 is 1.50 bits per heavy atom. The lowest BCUT2D eigenvalue weighted by molar-refractivity contribution is -0.384. The van der Waals surface area contributed by atoms with Gasteiger partial charge in [0.15, 0.2) is 0 Å². The molecule has 0 aliphatic heterocycles. The fourth-order valence-corrected chi connectivity index (χ4v) is 4.50. The molecular weight excluding hydrogens is 490 g/mol. The number of rotatable bonds is 9. The molecule has 10 nitrogen and oxygen atoms in total. The van der Waals surface area contributed by atoms with Crippen LogP contribution in [0.4, 0.5) is 10.5 Å². The minimum Gasteiger partial charge on any atom is -0.467 e. The van der Waals surface area contributed by atoms with Crippen LogP contribution in [-0.4, -0.2) is 48.7 Å². The number of nitro groups is 1. The number of nitro benzene ring substituents is 1. The molecule has 10 heteroatoms. The van der Waals surface area contributed by atoms with Crippen molar-refractivity contribution in [1.82, 2.24) is 10.6 Å². The summed E-state index contributed by atoms with van der Waals surface area (Å²) in [4.78, 5) is 47.9. The molecule has 0 spiro atoms. The SMILES string of the molecule is COC(=O)[C@H](Cc1ccc([N+](=O)[O-])cc1)NC(=O)[C@H](C)NC(=O)OCC1c2ccccc2-c2ccccc21. The summed E-state index contributed by atoms with van der Waals surface area (Å²) in [6.07, 6.45) is -0.715. The van der Waals surface area contributed by atoms with Crippen molar-refractivity contribution in [2.24, 2.45) is 0 Å². The van der Waals surface area contributed by atoms with E-state index in [4.69, 9.17) is 9.47 Å². The van der Waals surface area contributed by atoms with Gasteiger partial charge < -0.3 is 20.1 Å². The lowest BCUT2D eigenvalue weighted by Gasteiger charge is -2.20. The number of alkyl carbamates (subject to hydrolysis) is 1. The molecule has 3 aromatic rings. The number of esters is 1. The molecular formula is C28H27N3O7. The topological polar surface area (TPSA) is 137 Å². The second kappa shape index (κ2) is 11.5. The zero-order valence-corrected chi connectivity index (χ0v) is 20.9. The Hall–Kier alpha value is -4.73. The van der Waals surface area contributed by atoms with Crippen molar-refractivity contribution in [1.29, 1.82) is 0 Å². The van der Waals surface area contributed by atoms with E-state index in [1.807, 2.05) is 48.5 Å². The summed E-state index contributed by atoms with van der Waals surface area (Å²) < 4.78 is 10.3. The largest absolute Gasteiger partial charge is 0.467 e. The molecule has 0 unspecified atom stereocenters. The molecule has 2 atom stereocenters. The van der Waals surface area contributed by atoms with Crippen molar-refractivity contribution >= 4 is 23.7 Å². The molecule has 1 aliphatic rings. The number of fused-ring (bicyclic) bond motifs is 3. The number of carbonyl (C=O) groups excluding carboxylic acids is 3. The van der Waals surface area contributed by atoms with Gasteiger partial charge in [0.1, 0.15) is 18.7 Å². The fourth-order valence-electron chi connectivity index (χ4n) is 4.50. The molecule has 1 aliphatic carbocycles. The number of ether oxygens (including phenoxy) is 2. The van der Waals surface area contributed by atoms with Crippen LogP contribution in [0.5, 0.6) is 0 Å². The second-order valence-electron chi connectivity index (χ2n) is 8.90. The zero-order valence-electron chi connectivity index (χ0n) is 20.9. The van der Waals surface area contributed by atoms with E-state index in [-0.39, 0.29) is 24.6 Å². The predicted octanol–water partition coefficient (Wildman–Crippen LogP) is 3.72. The number of carbonyl (C=O) groups is 3. The third-order valence-corrected chi connectivity index (χ3v) is 6.46. The Morgan fingerprint density at radius 1 is 0.921 bits per heavy atom. The first-order valence-corrected chi connectivity index (χ1v) is 12.0. The number of benzene rings is 3. The lowest BCUT2D eigenvalue weighted by Crippen LogP contribution is -2.51. The standard InChI is InChI=1S/C28H27N3O7/c1-17(26(32)30-25(27(33)37-2)15-18-11-13-19(14-12-18)31(35)36)29-28(34)38-16-24-22-9-5-3-7-20(22)21-8-4-6-10-23(21)24/h3-14,17,24-25H,15-16H2,1-2H3,(H,29,34)(H,30,32)/t17-,25-/m0/s1. The van der Waals surface area contributed by atoms with Crippen LogP contribution in [-0.2, 0) is 25.5 Å². The van der Waals surface area contributed by atoms with Crippen molar-refractivity contribution in [3.8, 4) is 11.1 Å². The number of non-ortho nitro benzene ring substituents is 1. The van der Waals surface area contributed by atoms with Crippen molar-refractivity contribution in [2.45, 2.75) is 31.3 Å². The maximum absolute atomic E-state index is 12.8. The van der Waals surface area contributed by atoms with Crippen LogP contribution in [0.3, 0.4) is 0 Å². The van der Waals surface area contributed by atoms with Gasteiger partial charge in [0.2, 0.25) is 5.91 Å². The van der Waals surface area contributed by atoms with Gasteiger partial charge in [-0.2, -0.15) is 0 Å². The highest BCUT2D eigenvalue weighted by Crippen LogP contribution is 2.44. The zero-order chi connectivity index (χ0) is 27.2. The molecule has 4 rings (SSSR count). The summed E-state index contributed by atoms with van der Waals surface area (Å²) in [5, 5.41) is 15.9. The van der Waals surface area contributed by atoms with Gasteiger partial charge in [-0.25, -0.2) is 9.59 Å². The first kappa shape index (κ1) is 26.3. The highest BCUT2D eigenvalue weighted by atomic mass is 16.6. The van der Waals surface area contributed by atoms with Crippen LogP contribution < -0.4 is 10.6 Å². The Balaban J connectivity index is 1.34. The molecule has 0 saturated heterocycles. The van der Waals surface area contributed by atoms with Gasteiger partial charge in [0.25, 0.3) is 5.69 Å². The smallest absolute Gasteiger partial charge is 0.407 e. The third-order valence-electron chi connectivity index (χ3n) is 6.46. The fraction of sp³-hybridized carbons (Fsp3) is 0.250. The number of hydrogen-bond acceptors (Lipinski definition) is 7. The molecule has 3 aromatic carbocycles. The number of nitrogens with zero attached hydrogens (tertiary/aromatic N) is 1. The summed E-state index contributed by atoms with van der Waals surface area (Å²) in [5.74, 6) is -1.43. The van der Waals surface area contributed by atoms with Crippen molar-refractivity contribution < 1.29 is 28.8 Å². The van der Waals surface area contributed by atoms with Gasteiger partial charge in [-0.3, -0.25) is 14.9 Å². The third kappa shape index (κ3) is 5.80. The molecule has 0 radical (unpaired) electrons. The van der Waals surface area contributed by atoms with Crippen LogP contribution in [0.2, 0.25) is 0 Å². The number of amides is 2.